The van der Waals surface area contributed by atoms with E-state index < -0.39 is 0 Å². The summed E-state index contributed by atoms with van der Waals surface area (Å²) in [6.45, 7) is 6.68. The lowest BCUT2D eigenvalue weighted by Gasteiger charge is -2.44. The van der Waals surface area contributed by atoms with Crippen molar-refractivity contribution >= 4 is 15.9 Å². The van der Waals surface area contributed by atoms with Crippen LogP contribution in [-0.2, 0) is 5.41 Å². The number of benzene rings is 1. The lowest BCUT2D eigenvalue weighted by Crippen LogP contribution is -2.47. The fourth-order valence-corrected chi connectivity index (χ4v) is 4.13. The Balaban J connectivity index is 2.35. The summed E-state index contributed by atoms with van der Waals surface area (Å²) in [5.41, 5.74) is 0.661. The molecule has 0 amide bonds. The van der Waals surface area contributed by atoms with Crippen LogP contribution in [0, 0.1) is 17.7 Å². The van der Waals surface area contributed by atoms with Crippen LogP contribution in [0.4, 0.5) is 4.39 Å². The van der Waals surface area contributed by atoms with Gasteiger partial charge in [0, 0.05) is 6.04 Å². The average molecular weight is 342 g/mol. The van der Waals surface area contributed by atoms with Gasteiger partial charge in [-0.25, -0.2) is 4.39 Å². The fraction of sp³-hybridized carbons (Fsp3) is 0.647. The Morgan fingerprint density at radius 1 is 1.30 bits per heavy atom. The molecule has 20 heavy (non-hydrogen) atoms. The number of nitrogens with one attached hydrogen (secondary N) is 1. The Hall–Kier alpha value is -0.410. The van der Waals surface area contributed by atoms with Gasteiger partial charge in [0.25, 0.3) is 0 Å². The van der Waals surface area contributed by atoms with Crippen molar-refractivity contribution in [3.63, 3.8) is 0 Å². The summed E-state index contributed by atoms with van der Waals surface area (Å²) in [7, 11) is 2.03. The largest absolute Gasteiger partial charge is 0.317 e. The summed E-state index contributed by atoms with van der Waals surface area (Å²) in [4.78, 5) is 0. The molecule has 1 N–H and O–H groups in total. The molecule has 1 aromatic carbocycles. The maximum atomic E-state index is 14.5. The molecule has 0 spiro atoms. The molecule has 0 radical (unpaired) electrons. The third kappa shape index (κ3) is 2.94. The van der Waals surface area contributed by atoms with E-state index >= 15 is 0 Å². The minimum Gasteiger partial charge on any atom is -0.317 e. The standard InChI is InChI=1S/C17H25BrFN/c1-11-8-9-12(15(10-11)20-4)17(2,3)13-6-5-7-14(18)16(13)19/h5-7,11-12,15,20H,8-10H2,1-4H3. The van der Waals surface area contributed by atoms with E-state index in [2.05, 4.69) is 42.0 Å². The van der Waals surface area contributed by atoms with Crippen LogP contribution in [0.15, 0.2) is 22.7 Å². The van der Waals surface area contributed by atoms with Crippen molar-refractivity contribution in [2.75, 3.05) is 7.05 Å². The highest BCUT2D eigenvalue weighted by Crippen LogP contribution is 2.43. The van der Waals surface area contributed by atoms with Gasteiger partial charge in [0.15, 0.2) is 0 Å². The van der Waals surface area contributed by atoms with E-state index in [1.54, 1.807) is 6.07 Å². The van der Waals surface area contributed by atoms with E-state index in [0.29, 0.717) is 16.4 Å². The Morgan fingerprint density at radius 3 is 2.65 bits per heavy atom. The van der Waals surface area contributed by atoms with E-state index in [1.807, 2.05) is 19.2 Å². The number of hydrogen-bond acceptors (Lipinski definition) is 1. The third-order valence-electron chi connectivity index (χ3n) is 5.06. The molecule has 0 bridgehead atoms. The molecule has 2 rings (SSSR count). The van der Waals surface area contributed by atoms with E-state index in [4.69, 9.17) is 0 Å². The zero-order valence-electron chi connectivity index (χ0n) is 12.8. The molecule has 1 nitrogen and oxygen atoms in total. The van der Waals surface area contributed by atoms with Gasteiger partial charge in [-0.15, -0.1) is 0 Å². The molecule has 112 valence electrons. The highest BCUT2D eigenvalue weighted by Gasteiger charge is 2.40. The highest BCUT2D eigenvalue weighted by molar-refractivity contribution is 9.10. The second-order valence-corrected chi connectivity index (χ2v) is 7.60. The Morgan fingerprint density at radius 2 is 2.00 bits per heavy atom. The fourth-order valence-electron chi connectivity index (χ4n) is 3.76. The maximum absolute atomic E-state index is 14.5. The van der Waals surface area contributed by atoms with E-state index in [0.717, 1.165) is 17.9 Å². The van der Waals surface area contributed by atoms with Crippen molar-refractivity contribution in [1.29, 1.82) is 0 Å². The van der Waals surface area contributed by atoms with Gasteiger partial charge < -0.3 is 5.32 Å². The number of rotatable bonds is 3. The zero-order valence-corrected chi connectivity index (χ0v) is 14.4. The minimum absolute atomic E-state index is 0.106. The van der Waals surface area contributed by atoms with Crippen LogP contribution in [0.1, 0.15) is 45.6 Å². The van der Waals surface area contributed by atoms with Crippen molar-refractivity contribution in [3.8, 4) is 0 Å². The summed E-state index contributed by atoms with van der Waals surface area (Å²) in [6.07, 6.45) is 3.58. The molecule has 1 aliphatic rings. The molecule has 1 aliphatic carbocycles. The Bertz CT molecular complexity index is 472. The smallest absolute Gasteiger partial charge is 0.141 e. The van der Waals surface area contributed by atoms with Crippen LogP contribution in [0.5, 0.6) is 0 Å². The van der Waals surface area contributed by atoms with Crippen LogP contribution >= 0.6 is 15.9 Å². The SMILES string of the molecule is CNC1CC(C)CCC1C(C)(C)c1cccc(Br)c1F. The van der Waals surface area contributed by atoms with Crippen molar-refractivity contribution in [1.82, 2.24) is 5.32 Å². The van der Waals surface area contributed by atoms with E-state index in [-0.39, 0.29) is 11.2 Å². The van der Waals surface area contributed by atoms with Crippen molar-refractivity contribution < 1.29 is 4.39 Å². The van der Waals surface area contributed by atoms with Crippen LogP contribution in [0.3, 0.4) is 0 Å². The van der Waals surface area contributed by atoms with Gasteiger partial charge >= 0.3 is 0 Å². The zero-order chi connectivity index (χ0) is 14.9. The predicted octanol–water partition coefficient (Wildman–Crippen LogP) is 4.89. The van der Waals surface area contributed by atoms with Gasteiger partial charge in [0.1, 0.15) is 5.82 Å². The number of halogens is 2. The molecule has 0 aromatic heterocycles. The molecular weight excluding hydrogens is 317 g/mol. The molecule has 3 atom stereocenters. The molecule has 1 saturated carbocycles. The van der Waals surface area contributed by atoms with Gasteiger partial charge in [-0.05, 0) is 64.7 Å². The molecule has 0 saturated heterocycles. The van der Waals surface area contributed by atoms with Crippen LogP contribution in [0.25, 0.3) is 0 Å². The lowest BCUT2D eigenvalue weighted by molar-refractivity contribution is 0.148. The third-order valence-corrected chi connectivity index (χ3v) is 5.67. The molecular formula is C17H25BrFN. The first-order valence-corrected chi connectivity index (χ1v) is 8.29. The summed E-state index contributed by atoms with van der Waals surface area (Å²) in [6, 6.07) is 6.11. The van der Waals surface area contributed by atoms with Crippen LogP contribution < -0.4 is 5.32 Å². The van der Waals surface area contributed by atoms with Crippen LogP contribution in [0.2, 0.25) is 0 Å². The minimum atomic E-state index is -0.165. The van der Waals surface area contributed by atoms with Crippen molar-refractivity contribution in [2.45, 2.75) is 51.5 Å². The Labute approximate surface area is 130 Å². The summed E-state index contributed by atoms with van der Waals surface area (Å²) in [5.74, 6) is 1.12. The van der Waals surface area contributed by atoms with Gasteiger partial charge in [-0.2, -0.15) is 0 Å². The second kappa shape index (κ2) is 6.15. The first-order valence-electron chi connectivity index (χ1n) is 7.49. The summed E-state index contributed by atoms with van der Waals surface area (Å²) >= 11 is 3.31. The maximum Gasteiger partial charge on any atom is 0.141 e. The van der Waals surface area contributed by atoms with E-state index in [1.165, 1.54) is 12.8 Å². The average Bonchev–Trinajstić information content (AvgIpc) is 2.41. The van der Waals surface area contributed by atoms with Crippen LogP contribution in [-0.4, -0.2) is 13.1 Å². The lowest BCUT2D eigenvalue weighted by atomic mass is 9.63. The summed E-state index contributed by atoms with van der Waals surface area (Å²) in [5, 5.41) is 3.46. The van der Waals surface area contributed by atoms with E-state index in [9.17, 15) is 4.39 Å². The molecule has 1 fully saturated rings. The second-order valence-electron chi connectivity index (χ2n) is 6.74. The highest BCUT2D eigenvalue weighted by atomic mass is 79.9. The first kappa shape index (κ1) is 16.0. The first-order chi connectivity index (χ1) is 9.37. The van der Waals surface area contributed by atoms with Gasteiger partial charge in [0.05, 0.1) is 4.47 Å². The monoisotopic (exact) mass is 341 g/mol. The molecule has 3 heteroatoms. The van der Waals surface area contributed by atoms with Crippen molar-refractivity contribution in [2.24, 2.45) is 11.8 Å². The summed E-state index contributed by atoms with van der Waals surface area (Å²) < 4.78 is 15.1. The predicted molar refractivity (Wildman–Crippen MR) is 86.5 cm³/mol. The molecule has 0 heterocycles. The van der Waals surface area contributed by atoms with Gasteiger partial charge in [-0.3, -0.25) is 0 Å². The molecule has 0 aliphatic heterocycles. The quantitative estimate of drug-likeness (QED) is 0.825. The topological polar surface area (TPSA) is 12.0 Å². The molecule has 3 unspecified atom stereocenters. The van der Waals surface area contributed by atoms with Crippen molar-refractivity contribution in [3.05, 3.63) is 34.1 Å². The van der Waals surface area contributed by atoms with Gasteiger partial charge in [-0.1, -0.05) is 39.3 Å². The molecule has 1 aromatic rings. The van der Waals surface area contributed by atoms with Gasteiger partial charge in [0.2, 0.25) is 0 Å². The number of hydrogen-bond donors (Lipinski definition) is 1. The Kier molecular flexibility index (Phi) is 4.91. The normalized spacial score (nSPS) is 27.6.